The largest absolute Gasteiger partial charge is 0.410 e. The van der Waals surface area contributed by atoms with Gasteiger partial charge in [0.05, 0.1) is 24.1 Å². The van der Waals surface area contributed by atoms with Gasteiger partial charge in [0.15, 0.2) is 0 Å². The summed E-state index contributed by atoms with van der Waals surface area (Å²) in [4.78, 5) is 6.55. The smallest absolute Gasteiger partial charge is 0.383 e. The molecule has 0 spiro atoms. The predicted molar refractivity (Wildman–Crippen MR) is 125 cm³/mol. The summed E-state index contributed by atoms with van der Waals surface area (Å²) in [5, 5.41) is 5.90. The zero-order chi connectivity index (χ0) is 23.7. The standard InChI is InChI=1S/C25H35F3N4/c1-7-8-22(32-15-23(25(26,27)28)30-17(32)3)19-10-9-18-11-20(31-21(18)12-19)14-29-16(2)13-24(4,5)6/h9-10,12,22-23,29-30H,2-3,7-8,11,13-15H2,1,4-6H3. The van der Waals surface area contributed by atoms with Crippen molar-refractivity contribution >= 4 is 11.4 Å². The molecule has 2 atom stereocenters. The summed E-state index contributed by atoms with van der Waals surface area (Å²) in [7, 11) is 0. The van der Waals surface area contributed by atoms with Crippen LogP contribution in [0.25, 0.3) is 0 Å². The lowest BCUT2D eigenvalue weighted by atomic mass is 9.91. The lowest BCUT2D eigenvalue weighted by Crippen LogP contribution is -2.39. The molecule has 2 aliphatic heterocycles. The van der Waals surface area contributed by atoms with Crippen LogP contribution in [0.2, 0.25) is 0 Å². The first-order valence-corrected chi connectivity index (χ1v) is 11.3. The number of benzene rings is 1. The van der Waals surface area contributed by atoms with Crippen LogP contribution < -0.4 is 10.6 Å². The summed E-state index contributed by atoms with van der Waals surface area (Å²) in [5.74, 6) is 0.331. The second kappa shape index (κ2) is 9.20. The molecule has 0 aliphatic carbocycles. The second-order valence-electron chi connectivity index (χ2n) is 10.1. The van der Waals surface area contributed by atoms with Crippen LogP contribution in [0.3, 0.4) is 0 Å². The first kappa shape index (κ1) is 24.2. The van der Waals surface area contributed by atoms with Gasteiger partial charge in [0.2, 0.25) is 0 Å². The Morgan fingerprint density at radius 3 is 2.62 bits per heavy atom. The van der Waals surface area contributed by atoms with Crippen LogP contribution >= 0.6 is 0 Å². The Labute approximate surface area is 189 Å². The van der Waals surface area contributed by atoms with E-state index in [9.17, 15) is 13.2 Å². The van der Waals surface area contributed by atoms with Crippen molar-refractivity contribution in [2.75, 3.05) is 13.1 Å². The average Bonchev–Trinajstić information content (AvgIpc) is 3.25. The summed E-state index contributed by atoms with van der Waals surface area (Å²) < 4.78 is 39.7. The number of hydrogen-bond acceptors (Lipinski definition) is 4. The maximum Gasteiger partial charge on any atom is 0.410 e. The molecule has 1 fully saturated rings. The fourth-order valence-corrected chi connectivity index (χ4v) is 4.42. The first-order chi connectivity index (χ1) is 14.9. The molecule has 1 aromatic carbocycles. The van der Waals surface area contributed by atoms with Gasteiger partial charge in [0, 0.05) is 24.4 Å². The number of hydrogen-bond donors (Lipinski definition) is 2. The summed E-state index contributed by atoms with van der Waals surface area (Å²) in [6.45, 7) is 17.1. The molecule has 2 N–H and O–H groups in total. The van der Waals surface area contributed by atoms with Gasteiger partial charge in [-0.3, -0.25) is 4.99 Å². The molecule has 3 rings (SSSR count). The number of fused-ring (bicyclic) bond motifs is 1. The molecular weight excluding hydrogens is 413 g/mol. The van der Waals surface area contributed by atoms with Crippen LogP contribution in [0.4, 0.5) is 18.9 Å². The highest BCUT2D eigenvalue weighted by molar-refractivity contribution is 5.95. The Hall–Kier alpha value is -2.44. The van der Waals surface area contributed by atoms with E-state index in [1.54, 1.807) is 4.90 Å². The van der Waals surface area contributed by atoms with Crippen molar-refractivity contribution in [1.29, 1.82) is 0 Å². The van der Waals surface area contributed by atoms with Crippen LogP contribution in [0, 0.1) is 5.41 Å². The highest BCUT2D eigenvalue weighted by Crippen LogP contribution is 2.38. The van der Waals surface area contributed by atoms with E-state index in [4.69, 9.17) is 4.99 Å². The van der Waals surface area contributed by atoms with Crippen LogP contribution in [0.15, 0.2) is 47.9 Å². The minimum absolute atomic E-state index is 0.127. The minimum Gasteiger partial charge on any atom is -0.383 e. The molecule has 2 unspecified atom stereocenters. The van der Waals surface area contributed by atoms with Gasteiger partial charge in [-0.05, 0) is 35.4 Å². The first-order valence-electron chi connectivity index (χ1n) is 11.3. The van der Waals surface area contributed by atoms with Crippen molar-refractivity contribution in [2.24, 2.45) is 10.4 Å². The van der Waals surface area contributed by atoms with Gasteiger partial charge in [-0.15, -0.1) is 0 Å². The van der Waals surface area contributed by atoms with Crippen LogP contribution in [-0.4, -0.2) is 35.9 Å². The van der Waals surface area contributed by atoms with Crippen molar-refractivity contribution < 1.29 is 13.2 Å². The van der Waals surface area contributed by atoms with Crippen molar-refractivity contribution in [1.82, 2.24) is 15.5 Å². The summed E-state index contributed by atoms with van der Waals surface area (Å²) in [6.07, 6.45) is -1.03. The van der Waals surface area contributed by atoms with E-state index in [1.807, 2.05) is 19.1 Å². The number of alkyl halides is 3. The molecule has 4 nitrogen and oxygen atoms in total. The number of halogens is 3. The Bertz CT molecular complexity index is 895. The summed E-state index contributed by atoms with van der Waals surface area (Å²) in [5.41, 5.74) is 5.25. The molecule has 0 bridgehead atoms. The van der Waals surface area contributed by atoms with Gasteiger partial charge in [-0.25, -0.2) is 0 Å². The van der Waals surface area contributed by atoms with Crippen molar-refractivity contribution in [3.05, 3.63) is 54.0 Å². The molecule has 176 valence electrons. The number of aliphatic imine (C=N–C) groups is 1. The molecule has 0 amide bonds. The third-order valence-electron chi connectivity index (χ3n) is 5.85. The average molecular weight is 449 g/mol. The third-order valence-corrected chi connectivity index (χ3v) is 5.85. The zero-order valence-electron chi connectivity index (χ0n) is 19.6. The maximum absolute atomic E-state index is 13.2. The number of nitrogens with one attached hydrogen (secondary N) is 2. The lowest BCUT2D eigenvalue weighted by Gasteiger charge is -2.30. The van der Waals surface area contributed by atoms with Crippen LogP contribution in [0.1, 0.15) is 64.1 Å². The van der Waals surface area contributed by atoms with Gasteiger partial charge in [-0.1, -0.05) is 59.4 Å². The van der Waals surface area contributed by atoms with E-state index in [2.05, 4.69) is 50.6 Å². The SMILES string of the molecule is C=C(CC(C)(C)C)NCC1=Nc2cc(C(CCC)N3CC(C(F)(F)F)NC3=C)ccc2C1. The molecule has 0 aromatic heterocycles. The van der Waals surface area contributed by atoms with Gasteiger partial charge >= 0.3 is 6.18 Å². The van der Waals surface area contributed by atoms with Gasteiger partial charge in [-0.2, -0.15) is 13.2 Å². The topological polar surface area (TPSA) is 39.7 Å². The van der Waals surface area contributed by atoms with E-state index >= 15 is 0 Å². The molecule has 2 heterocycles. The third kappa shape index (κ3) is 5.87. The maximum atomic E-state index is 13.2. The highest BCUT2D eigenvalue weighted by atomic mass is 19.4. The Morgan fingerprint density at radius 2 is 2.03 bits per heavy atom. The molecular formula is C25H35F3N4. The van der Waals surface area contributed by atoms with E-state index in [0.717, 1.165) is 53.9 Å². The molecule has 1 aromatic rings. The molecule has 0 radical (unpaired) electrons. The zero-order valence-corrected chi connectivity index (χ0v) is 19.6. The van der Waals surface area contributed by atoms with Crippen LogP contribution in [0.5, 0.6) is 0 Å². The predicted octanol–water partition coefficient (Wildman–Crippen LogP) is 6.00. The Morgan fingerprint density at radius 1 is 1.31 bits per heavy atom. The molecule has 7 heteroatoms. The van der Waals surface area contributed by atoms with Crippen molar-refractivity contribution in [3.8, 4) is 0 Å². The van der Waals surface area contributed by atoms with Gasteiger partial charge < -0.3 is 15.5 Å². The number of nitrogens with zero attached hydrogens (tertiary/aromatic N) is 2. The van der Waals surface area contributed by atoms with E-state index in [0.29, 0.717) is 12.4 Å². The molecule has 32 heavy (non-hydrogen) atoms. The normalized spacial score (nSPS) is 19.5. The summed E-state index contributed by atoms with van der Waals surface area (Å²) in [6, 6.07) is 4.36. The molecule has 0 saturated carbocycles. The minimum atomic E-state index is -4.30. The highest BCUT2D eigenvalue weighted by Gasteiger charge is 2.46. The second-order valence-corrected chi connectivity index (χ2v) is 10.1. The van der Waals surface area contributed by atoms with E-state index in [1.165, 1.54) is 0 Å². The molecule has 2 aliphatic rings. The van der Waals surface area contributed by atoms with Gasteiger partial charge in [0.1, 0.15) is 6.04 Å². The number of allylic oxidation sites excluding steroid dienone is 1. The summed E-state index contributed by atoms with van der Waals surface area (Å²) >= 11 is 0. The molecule has 1 saturated heterocycles. The Kier molecular flexibility index (Phi) is 6.96. The van der Waals surface area contributed by atoms with E-state index < -0.39 is 12.2 Å². The Balaban J connectivity index is 1.72. The van der Waals surface area contributed by atoms with Gasteiger partial charge in [0.25, 0.3) is 0 Å². The van der Waals surface area contributed by atoms with Crippen molar-refractivity contribution in [3.63, 3.8) is 0 Å². The lowest BCUT2D eigenvalue weighted by molar-refractivity contribution is -0.150. The van der Waals surface area contributed by atoms with E-state index in [-0.39, 0.29) is 18.0 Å². The number of rotatable bonds is 8. The van der Waals surface area contributed by atoms with Crippen molar-refractivity contribution in [2.45, 2.75) is 71.6 Å². The fourth-order valence-electron chi connectivity index (χ4n) is 4.42. The quantitative estimate of drug-likeness (QED) is 0.512. The van der Waals surface area contributed by atoms with Crippen LogP contribution in [-0.2, 0) is 6.42 Å². The fraction of sp³-hybridized carbons (Fsp3) is 0.560. The monoisotopic (exact) mass is 448 g/mol.